The molecule has 2 aromatic rings. The highest BCUT2D eigenvalue weighted by Crippen LogP contribution is 2.30. The molecule has 1 aromatic carbocycles. The molecule has 2 nitrogen and oxygen atoms in total. The van der Waals surface area contributed by atoms with Crippen LogP contribution in [0.5, 0.6) is 0 Å². The maximum atomic E-state index is 5.83. The van der Waals surface area contributed by atoms with Gasteiger partial charge in [0, 0.05) is 17.1 Å². The molecule has 0 fully saturated rings. The molecular formula is C17H22N2S. The lowest BCUT2D eigenvalue weighted by Crippen LogP contribution is -2.17. The minimum Gasteiger partial charge on any atom is -0.328 e. The summed E-state index contributed by atoms with van der Waals surface area (Å²) < 4.78 is 0. The molecule has 2 rings (SSSR count). The first-order valence-electron chi connectivity index (χ1n) is 6.92. The maximum Gasteiger partial charge on any atom is 0.104 e. The summed E-state index contributed by atoms with van der Waals surface area (Å²) in [6.45, 7) is 8.41. The van der Waals surface area contributed by atoms with Crippen molar-refractivity contribution in [1.82, 2.24) is 4.98 Å². The molecule has 0 radical (unpaired) electrons. The van der Waals surface area contributed by atoms with E-state index in [0.29, 0.717) is 0 Å². The standard InChI is InChI=1S/C17H22N2S/c1-11-5-6-16(8-12(11)2)20-17-13(3)7-15(10-19-17)9-14(4)18/h5-8,10,14H,9,18H2,1-4H3. The molecule has 106 valence electrons. The van der Waals surface area contributed by atoms with E-state index in [-0.39, 0.29) is 6.04 Å². The summed E-state index contributed by atoms with van der Waals surface area (Å²) >= 11 is 1.72. The lowest BCUT2D eigenvalue weighted by atomic mass is 10.1. The van der Waals surface area contributed by atoms with Gasteiger partial charge in [-0.1, -0.05) is 23.9 Å². The van der Waals surface area contributed by atoms with Crippen LogP contribution in [-0.4, -0.2) is 11.0 Å². The van der Waals surface area contributed by atoms with Crippen LogP contribution in [-0.2, 0) is 6.42 Å². The van der Waals surface area contributed by atoms with E-state index in [1.807, 2.05) is 13.1 Å². The van der Waals surface area contributed by atoms with Gasteiger partial charge in [0.15, 0.2) is 0 Å². The fourth-order valence-electron chi connectivity index (χ4n) is 2.10. The second-order valence-electron chi connectivity index (χ2n) is 5.50. The van der Waals surface area contributed by atoms with Crippen molar-refractivity contribution >= 4 is 11.8 Å². The molecule has 1 aromatic heterocycles. The van der Waals surface area contributed by atoms with Crippen molar-refractivity contribution in [3.63, 3.8) is 0 Å². The van der Waals surface area contributed by atoms with Crippen LogP contribution in [0.3, 0.4) is 0 Å². The summed E-state index contributed by atoms with van der Waals surface area (Å²) in [7, 11) is 0. The molecule has 1 unspecified atom stereocenters. The van der Waals surface area contributed by atoms with Crippen LogP contribution >= 0.6 is 11.8 Å². The largest absolute Gasteiger partial charge is 0.328 e. The molecule has 0 bridgehead atoms. The number of hydrogen-bond acceptors (Lipinski definition) is 3. The van der Waals surface area contributed by atoms with Crippen LogP contribution in [0.15, 0.2) is 40.4 Å². The van der Waals surface area contributed by atoms with Gasteiger partial charge in [0.25, 0.3) is 0 Å². The number of aryl methyl sites for hydroxylation is 3. The third-order valence-electron chi connectivity index (χ3n) is 3.34. The minimum atomic E-state index is 0.175. The van der Waals surface area contributed by atoms with Crippen LogP contribution in [0.2, 0.25) is 0 Å². The van der Waals surface area contributed by atoms with Crippen LogP contribution in [0.25, 0.3) is 0 Å². The van der Waals surface area contributed by atoms with E-state index in [9.17, 15) is 0 Å². The van der Waals surface area contributed by atoms with Crippen molar-refractivity contribution in [3.05, 3.63) is 52.7 Å². The molecular weight excluding hydrogens is 264 g/mol. The highest BCUT2D eigenvalue weighted by Gasteiger charge is 2.06. The van der Waals surface area contributed by atoms with E-state index in [1.165, 1.54) is 27.1 Å². The number of benzene rings is 1. The number of hydrogen-bond donors (Lipinski definition) is 1. The summed E-state index contributed by atoms with van der Waals surface area (Å²) in [6.07, 6.45) is 2.82. The summed E-state index contributed by atoms with van der Waals surface area (Å²) in [5.74, 6) is 0. The second-order valence-corrected chi connectivity index (χ2v) is 6.56. The fraction of sp³-hybridized carbons (Fsp3) is 0.353. The molecule has 1 atom stereocenters. The lowest BCUT2D eigenvalue weighted by Gasteiger charge is -2.10. The first-order valence-corrected chi connectivity index (χ1v) is 7.73. The fourth-order valence-corrected chi connectivity index (χ4v) is 3.02. The number of aromatic nitrogens is 1. The molecule has 0 aliphatic carbocycles. The molecule has 0 saturated carbocycles. The minimum absolute atomic E-state index is 0.175. The van der Waals surface area contributed by atoms with Crippen molar-refractivity contribution in [3.8, 4) is 0 Å². The van der Waals surface area contributed by atoms with Crippen molar-refractivity contribution in [2.45, 2.75) is 50.1 Å². The Hall–Kier alpha value is -1.32. The first-order chi connectivity index (χ1) is 9.45. The van der Waals surface area contributed by atoms with E-state index in [4.69, 9.17) is 5.73 Å². The van der Waals surface area contributed by atoms with Crippen molar-refractivity contribution in [2.24, 2.45) is 5.73 Å². The number of rotatable bonds is 4. The average molecular weight is 286 g/mol. The molecule has 20 heavy (non-hydrogen) atoms. The van der Waals surface area contributed by atoms with E-state index >= 15 is 0 Å². The molecule has 2 N–H and O–H groups in total. The van der Waals surface area contributed by atoms with Gasteiger partial charge in [0.05, 0.1) is 0 Å². The zero-order chi connectivity index (χ0) is 14.7. The molecule has 1 heterocycles. The molecule has 3 heteroatoms. The van der Waals surface area contributed by atoms with Gasteiger partial charge in [-0.15, -0.1) is 0 Å². The Bertz CT molecular complexity index is 606. The van der Waals surface area contributed by atoms with E-state index in [0.717, 1.165) is 11.4 Å². The van der Waals surface area contributed by atoms with Gasteiger partial charge in [-0.3, -0.25) is 0 Å². The number of pyridine rings is 1. The topological polar surface area (TPSA) is 38.9 Å². The Morgan fingerprint density at radius 1 is 1.10 bits per heavy atom. The Morgan fingerprint density at radius 3 is 2.45 bits per heavy atom. The van der Waals surface area contributed by atoms with Gasteiger partial charge >= 0.3 is 0 Å². The average Bonchev–Trinajstić information content (AvgIpc) is 2.36. The van der Waals surface area contributed by atoms with Crippen molar-refractivity contribution in [2.75, 3.05) is 0 Å². The summed E-state index contributed by atoms with van der Waals surface area (Å²) in [6, 6.07) is 8.91. The molecule has 0 aliphatic heterocycles. The predicted molar refractivity (Wildman–Crippen MR) is 86.4 cm³/mol. The highest BCUT2D eigenvalue weighted by molar-refractivity contribution is 7.99. The lowest BCUT2D eigenvalue weighted by molar-refractivity contribution is 0.733. The third-order valence-corrected chi connectivity index (χ3v) is 4.45. The zero-order valence-corrected chi connectivity index (χ0v) is 13.4. The van der Waals surface area contributed by atoms with Crippen LogP contribution in [0.4, 0.5) is 0 Å². The molecule has 0 saturated heterocycles. The van der Waals surface area contributed by atoms with Gasteiger partial charge < -0.3 is 5.73 Å². The quantitative estimate of drug-likeness (QED) is 0.921. The normalized spacial score (nSPS) is 12.4. The molecule has 0 amide bonds. The Kier molecular flexibility index (Phi) is 4.84. The van der Waals surface area contributed by atoms with E-state index in [2.05, 4.69) is 50.0 Å². The summed E-state index contributed by atoms with van der Waals surface area (Å²) in [4.78, 5) is 5.83. The van der Waals surface area contributed by atoms with E-state index in [1.54, 1.807) is 11.8 Å². The van der Waals surface area contributed by atoms with Gasteiger partial charge in [0.2, 0.25) is 0 Å². The SMILES string of the molecule is Cc1ccc(Sc2ncc(CC(C)N)cc2C)cc1C. The van der Waals surface area contributed by atoms with Crippen LogP contribution < -0.4 is 5.73 Å². The van der Waals surface area contributed by atoms with Gasteiger partial charge in [-0.05, 0) is 68.5 Å². The Labute approximate surface area is 125 Å². The predicted octanol–water partition coefficient (Wildman–Crippen LogP) is 4.05. The molecule has 0 spiro atoms. The molecule has 0 aliphatic rings. The Morgan fingerprint density at radius 2 is 1.85 bits per heavy atom. The van der Waals surface area contributed by atoms with Crippen LogP contribution in [0, 0.1) is 20.8 Å². The second kappa shape index (κ2) is 6.42. The van der Waals surface area contributed by atoms with Gasteiger partial charge in [0.1, 0.15) is 5.03 Å². The summed E-state index contributed by atoms with van der Waals surface area (Å²) in [5.41, 5.74) is 10.9. The maximum absolute atomic E-state index is 5.83. The van der Waals surface area contributed by atoms with Gasteiger partial charge in [-0.25, -0.2) is 4.98 Å². The number of nitrogens with zero attached hydrogens (tertiary/aromatic N) is 1. The third kappa shape index (κ3) is 3.84. The Balaban J connectivity index is 2.19. The monoisotopic (exact) mass is 286 g/mol. The van der Waals surface area contributed by atoms with Crippen molar-refractivity contribution in [1.29, 1.82) is 0 Å². The van der Waals surface area contributed by atoms with Gasteiger partial charge in [-0.2, -0.15) is 0 Å². The zero-order valence-electron chi connectivity index (χ0n) is 12.6. The smallest absolute Gasteiger partial charge is 0.104 e. The van der Waals surface area contributed by atoms with E-state index < -0.39 is 0 Å². The number of nitrogens with two attached hydrogens (primary N) is 1. The summed E-state index contributed by atoms with van der Waals surface area (Å²) in [5, 5.41) is 1.07. The van der Waals surface area contributed by atoms with Crippen molar-refractivity contribution < 1.29 is 0 Å². The highest BCUT2D eigenvalue weighted by atomic mass is 32.2. The van der Waals surface area contributed by atoms with Crippen LogP contribution in [0.1, 0.15) is 29.2 Å². The first kappa shape index (κ1) is 15.1.